The fraction of sp³-hybridized carbons (Fsp3) is 0.516. The van der Waals surface area contributed by atoms with Crippen LogP contribution in [0.3, 0.4) is 0 Å². The zero-order valence-corrected chi connectivity index (χ0v) is 26.4. The Bertz CT molecular complexity index is 1430. The second-order valence-electron chi connectivity index (χ2n) is 12.0. The van der Waals surface area contributed by atoms with E-state index in [-0.39, 0.29) is 55.3 Å². The molecule has 0 saturated carbocycles. The molecule has 2 aromatic rings. The maximum atomic E-state index is 15.1. The Hall–Kier alpha value is -3.49. The number of rotatable bonds is 11. The first-order valence-electron chi connectivity index (χ1n) is 15.1. The molecule has 2 saturated heterocycles. The van der Waals surface area contributed by atoms with Gasteiger partial charge in [-0.2, -0.15) is 13.2 Å². The molecule has 3 amide bonds. The summed E-state index contributed by atoms with van der Waals surface area (Å²) in [7, 11) is 0. The highest BCUT2D eigenvalue weighted by atomic mass is 35.5. The van der Waals surface area contributed by atoms with Gasteiger partial charge in [-0.15, -0.1) is 0 Å². The lowest BCUT2D eigenvalue weighted by atomic mass is 9.99. The van der Waals surface area contributed by atoms with Crippen molar-refractivity contribution in [2.75, 3.05) is 62.6 Å². The largest absolute Gasteiger partial charge is 0.390 e. The summed E-state index contributed by atoms with van der Waals surface area (Å²) in [5.74, 6) is -4.03. The lowest BCUT2D eigenvalue weighted by Gasteiger charge is -2.43. The van der Waals surface area contributed by atoms with Crippen molar-refractivity contribution in [1.29, 1.82) is 0 Å². The van der Waals surface area contributed by atoms with Gasteiger partial charge in [0.1, 0.15) is 0 Å². The van der Waals surface area contributed by atoms with E-state index in [4.69, 9.17) is 11.6 Å². The predicted molar refractivity (Wildman–Crippen MR) is 165 cm³/mol. The van der Waals surface area contributed by atoms with Gasteiger partial charge in [-0.3, -0.25) is 24.2 Å². The van der Waals surface area contributed by atoms with Gasteiger partial charge < -0.3 is 20.9 Å². The van der Waals surface area contributed by atoms with Crippen LogP contribution in [0.2, 0.25) is 5.02 Å². The topological polar surface area (TPSA) is 97.0 Å². The minimum absolute atomic E-state index is 0.0617. The van der Waals surface area contributed by atoms with Crippen LogP contribution in [-0.2, 0) is 16.1 Å². The van der Waals surface area contributed by atoms with Crippen LogP contribution in [0.4, 0.5) is 33.3 Å². The first kappa shape index (κ1) is 35.4. The molecule has 2 aliphatic heterocycles. The molecule has 252 valence electrons. The number of carbonyl (C=O) groups excluding carboxylic acids is 3. The number of halogens is 6. The smallest absolute Gasteiger partial charge is 0.367 e. The lowest BCUT2D eigenvalue weighted by molar-refractivity contribution is -0.139. The molecule has 4 rings (SSSR count). The van der Waals surface area contributed by atoms with Crippen molar-refractivity contribution >= 4 is 40.7 Å². The quantitative estimate of drug-likeness (QED) is 0.306. The summed E-state index contributed by atoms with van der Waals surface area (Å²) in [6, 6.07) is 6.84. The van der Waals surface area contributed by atoms with Gasteiger partial charge in [0.2, 0.25) is 11.8 Å². The van der Waals surface area contributed by atoms with Gasteiger partial charge in [0.25, 0.3) is 5.91 Å². The molecule has 0 spiro atoms. The number of anilines is 2. The normalized spacial score (nSPS) is 18.1. The Morgan fingerprint density at radius 3 is 2.54 bits per heavy atom. The zero-order valence-electron chi connectivity index (χ0n) is 25.7. The average molecular weight is 673 g/mol. The highest BCUT2D eigenvalue weighted by molar-refractivity contribution is 6.31. The van der Waals surface area contributed by atoms with E-state index in [2.05, 4.69) is 16.0 Å². The van der Waals surface area contributed by atoms with E-state index in [1.54, 1.807) is 11.0 Å². The van der Waals surface area contributed by atoms with E-state index >= 15 is 4.39 Å². The van der Waals surface area contributed by atoms with Crippen molar-refractivity contribution in [3.63, 3.8) is 0 Å². The van der Waals surface area contributed by atoms with Gasteiger partial charge >= 0.3 is 6.18 Å². The summed E-state index contributed by atoms with van der Waals surface area (Å²) < 4.78 is 69.0. The van der Waals surface area contributed by atoms with Crippen molar-refractivity contribution in [1.82, 2.24) is 20.4 Å². The van der Waals surface area contributed by atoms with Crippen LogP contribution in [0.15, 0.2) is 30.3 Å². The van der Waals surface area contributed by atoms with Crippen molar-refractivity contribution in [2.24, 2.45) is 5.92 Å². The van der Waals surface area contributed by atoms with Crippen LogP contribution in [0.5, 0.6) is 0 Å². The van der Waals surface area contributed by atoms with Crippen LogP contribution in [0.25, 0.3) is 0 Å². The van der Waals surface area contributed by atoms with Crippen molar-refractivity contribution in [3.05, 3.63) is 58.1 Å². The van der Waals surface area contributed by atoms with Gasteiger partial charge in [-0.1, -0.05) is 31.5 Å². The summed E-state index contributed by atoms with van der Waals surface area (Å²) in [5, 5.41) is 8.15. The highest BCUT2D eigenvalue weighted by Crippen LogP contribution is 2.33. The van der Waals surface area contributed by atoms with E-state index in [0.717, 1.165) is 6.07 Å². The van der Waals surface area contributed by atoms with E-state index in [0.29, 0.717) is 49.9 Å². The van der Waals surface area contributed by atoms with Crippen LogP contribution < -0.4 is 20.9 Å². The van der Waals surface area contributed by atoms with Crippen LogP contribution in [-0.4, -0.2) is 92.1 Å². The SMILES string of the molecule is CC(C)C[C@H]1CN(c2cc(Cl)ccc2NC(=O)c2ccc(CNC(=O)CN3CCNC(=O)C3)c(F)c2F)CCN1CCC(F)(F)F. The Kier molecular flexibility index (Phi) is 11.8. The summed E-state index contributed by atoms with van der Waals surface area (Å²) >= 11 is 6.28. The van der Waals surface area contributed by atoms with Crippen molar-refractivity contribution < 1.29 is 36.3 Å². The maximum absolute atomic E-state index is 15.1. The fourth-order valence-electron chi connectivity index (χ4n) is 5.69. The minimum atomic E-state index is -4.27. The summed E-state index contributed by atoms with van der Waals surface area (Å²) in [6.45, 7) is 5.54. The molecule has 3 N–H and O–H groups in total. The monoisotopic (exact) mass is 672 g/mol. The second kappa shape index (κ2) is 15.4. The number of nitrogens with zero attached hydrogens (tertiary/aromatic N) is 3. The first-order valence-corrected chi connectivity index (χ1v) is 15.5. The van der Waals surface area contributed by atoms with Gasteiger partial charge in [0, 0.05) is 62.4 Å². The number of nitrogens with one attached hydrogen (secondary N) is 3. The van der Waals surface area contributed by atoms with E-state index in [9.17, 15) is 31.9 Å². The molecule has 0 bridgehead atoms. The molecule has 0 aliphatic carbocycles. The Morgan fingerprint density at radius 1 is 1.09 bits per heavy atom. The third kappa shape index (κ3) is 9.76. The van der Waals surface area contributed by atoms with Crippen molar-refractivity contribution in [3.8, 4) is 0 Å². The third-order valence-corrected chi connectivity index (χ3v) is 8.18. The summed E-state index contributed by atoms with van der Waals surface area (Å²) in [5.41, 5.74) is 0.0773. The standard InChI is InChI=1S/C31H38ClF5N6O3/c1-19(2)13-22-16-43(12-11-42(22)9-7-31(35,36)37)25-14-21(32)4-6-24(25)40-30(46)23-5-3-20(28(33)29(23)34)15-39-27(45)18-41-10-8-38-26(44)17-41/h3-6,14,19,22H,7-13,15-18H2,1-2H3,(H,38,44)(H,39,45)(H,40,46)/t22-/m0/s1. The number of piperazine rings is 2. The third-order valence-electron chi connectivity index (χ3n) is 7.95. The van der Waals surface area contributed by atoms with Crippen LogP contribution >= 0.6 is 11.6 Å². The molecule has 46 heavy (non-hydrogen) atoms. The molecule has 1 atom stereocenters. The van der Waals surface area contributed by atoms with Gasteiger partial charge in [0.05, 0.1) is 36.4 Å². The Morgan fingerprint density at radius 2 is 1.85 bits per heavy atom. The molecule has 2 aliphatic rings. The van der Waals surface area contributed by atoms with E-state index in [1.807, 2.05) is 23.6 Å². The second-order valence-corrected chi connectivity index (χ2v) is 12.4. The van der Waals surface area contributed by atoms with E-state index < -0.39 is 41.6 Å². The lowest BCUT2D eigenvalue weighted by Crippen LogP contribution is -2.54. The predicted octanol–water partition coefficient (Wildman–Crippen LogP) is 4.41. The number of amides is 3. The number of alkyl halides is 3. The highest BCUT2D eigenvalue weighted by Gasteiger charge is 2.33. The molecule has 2 heterocycles. The molecule has 2 fully saturated rings. The summed E-state index contributed by atoms with van der Waals surface area (Å²) in [4.78, 5) is 42.4. The number of benzene rings is 2. The number of hydrogen-bond acceptors (Lipinski definition) is 6. The minimum Gasteiger partial charge on any atom is -0.367 e. The summed E-state index contributed by atoms with van der Waals surface area (Å²) in [6.07, 6.45) is -4.52. The van der Waals surface area contributed by atoms with Crippen molar-refractivity contribution in [2.45, 2.75) is 45.5 Å². The van der Waals surface area contributed by atoms with Gasteiger partial charge in [-0.05, 0) is 36.6 Å². The average Bonchev–Trinajstić information content (AvgIpc) is 2.97. The van der Waals surface area contributed by atoms with Gasteiger partial charge in [-0.25, -0.2) is 8.78 Å². The molecular formula is C31H38ClF5N6O3. The van der Waals surface area contributed by atoms with Gasteiger partial charge in [0.15, 0.2) is 11.6 Å². The molecule has 15 heteroatoms. The van der Waals surface area contributed by atoms with Crippen LogP contribution in [0.1, 0.15) is 42.6 Å². The zero-order chi connectivity index (χ0) is 33.6. The molecule has 0 aromatic heterocycles. The molecular weight excluding hydrogens is 635 g/mol. The Labute approximate surface area is 269 Å². The van der Waals surface area contributed by atoms with Crippen LogP contribution in [0, 0.1) is 17.6 Å². The fourth-order valence-corrected chi connectivity index (χ4v) is 5.85. The number of carbonyl (C=O) groups is 3. The van der Waals surface area contributed by atoms with E-state index in [1.165, 1.54) is 18.2 Å². The molecule has 2 aromatic carbocycles. The molecule has 0 unspecified atom stereocenters. The maximum Gasteiger partial charge on any atom is 0.390 e. The number of hydrogen-bond donors (Lipinski definition) is 3. The first-order chi connectivity index (χ1) is 21.7. The Balaban J connectivity index is 1.44. The molecule has 0 radical (unpaired) electrons. The molecule has 9 nitrogen and oxygen atoms in total.